The largest absolute Gasteiger partial charge is 0.480 e. The van der Waals surface area contributed by atoms with Gasteiger partial charge in [-0.3, -0.25) is 4.79 Å². The summed E-state index contributed by atoms with van der Waals surface area (Å²) >= 11 is 0. The lowest BCUT2D eigenvalue weighted by atomic mass is 9.99. The molecule has 0 amide bonds. The summed E-state index contributed by atoms with van der Waals surface area (Å²) in [6, 6.07) is 15.5. The van der Waals surface area contributed by atoms with Crippen molar-refractivity contribution in [2.45, 2.75) is 23.8 Å². The highest BCUT2D eigenvalue weighted by Gasteiger charge is 2.30. The number of aromatic nitrogens is 1. The Morgan fingerprint density at radius 2 is 1.68 bits per heavy atom. The molecule has 0 spiro atoms. The molecule has 0 bridgehead atoms. The van der Waals surface area contributed by atoms with E-state index in [-0.39, 0.29) is 4.90 Å². The van der Waals surface area contributed by atoms with Crippen molar-refractivity contribution < 1.29 is 18.3 Å². The van der Waals surface area contributed by atoms with E-state index < -0.39 is 28.0 Å². The predicted molar refractivity (Wildman–Crippen MR) is 95.0 cm³/mol. The Morgan fingerprint density at radius 1 is 1.08 bits per heavy atom. The van der Waals surface area contributed by atoms with Gasteiger partial charge in [-0.05, 0) is 24.3 Å². The fourth-order valence-corrected chi connectivity index (χ4v) is 4.47. The van der Waals surface area contributed by atoms with Gasteiger partial charge in [-0.25, -0.2) is 12.4 Å². The summed E-state index contributed by atoms with van der Waals surface area (Å²) in [5.74, 6) is -1.87. The molecule has 7 heteroatoms. The van der Waals surface area contributed by atoms with Crippen LogP contribution in [0.15, 0.2) is 65.6 Å². The molecule has 2 aromatic carbocycles. The monoisotopic (exact) mass is 358 g/mol. The fraction of sp³-hybridized carbons (Fsp3) is 0.167. The van der Waals surface area contributed by atoms with Crippen molar-refractivity contribution in [1.29, 1.82) is 0 Å². The first kappa shape index (κ1) is 17.2. The third-order valence-corrected chi connectivity index (χ3v) is 6.02. The van der Waals surface area contributed by atoms with Crippen LogP contribution in [-0.2, 0) is 14.8 Å². The summed E-state index contributed by atoms with van der Waals surface area (Å²) < 4.78 is 27.6. The maximum absolute atomic E-state index is 13.2. The van der Waals surface area contributed by atoms with Gasteiger partial charge in [-0.15, -0.1) is 0 Å². The van der Waals surface area contributed by atoms with Crippen LogP contribution in [0.25, 0.3) is 10.9 Å². The highest BCUT2D eigenvalue weighted by molar-refractivity contribution is 7.90. The molecule has 3 aromatic rings. The lowest BCUT2D eigenvalue weighted by Gasteiger charge is -2.19. The van der Waals surface area contributed by atoms with E-state index in [1.165, 1.54) is 16.1 Å². The van der Waals surface area contributed by atoms with E-state index in [2.05, 4.69) is 0 Å². The Balaban J connectivity index is 2.30. The molecule has 3 rings (SSSR count). The van der Waals surface area contributed by atoms with Crippen molar-refractivity contribution in [2.24, 2.45) is 5.73 Å². The Kier molecular flexibility index (Phi) is 4.36. The van der Waals surface area contributed by atoms with Gasteiger partial charge in [-0.1, -0.05) is 43.3 Å². The molecule has 130 valence electrons. The van der Waals surface area contributed by atoms with Crippen molar-refractivity contribution in [1.82, 2.24) is 3.97 Å². The molecule has 2 atom stereocenters. The first-order valence-electron chi connectivity index (χ1n) is 7.73. The summed E-state index contributed by atoms with van der Waals surface area (Å²) in [6.07, 6.45) is 0. The van der Waals surface area contributed by atoms with Gasteiger partial charge in [0, 0.05) is 17.0 Å². The van der Waals surface area contributed by atoms with Gasteiger partial charge in [0.2, 0.25) is 0 Å². The molecule has 0 saturated heterocycles. The molecular weight excluding hydrogens is 340 g/mol. The zero-order valence-corrected chi connectivity index (χ0v) is 14.3. The van der Waals surface area contributed by atoms with Crippen LogP contribution in [0.4, 0.5) is 0 Å². The highest BCUT2D eigenvalue weighted by atomic mass is 32.2. The van der Waals surface area contributed by atoms with Crippen LogP contribution >= 0.6 is 0 Å². The number of benzene rings is 2. The van der Waals surface area contributed by atoms with Crippen LogP contribution in [0, 0.1) is 0 Å². The highest BCUT2D eigenvalue weighted by Crippen LogP contribution is 2.31. The van der Waals surface area contributed by atoms with Crippen LogP contribution < -0.4 is 5.73 Å². The molecule has 1 aromatic heterocycles. The molecule has 6 nitrogen and oxygen atoms in total. The molecule has 0 aliphatic heterocycles. The van der Waals surface area contributed by atoms with E-state index in [0.29, 0.717) is 16.6 Å². The van der Waals surface area contributed by atoms with Gasteiger partial charge in [-0.2, -0.15) is 0 Å². The summed E-state index contributed by atoms with van der Waals surface area (Å²) in [6.45, 7) is 1.62. The van der Waals surface area contributed by atoms with Crippen molar-refractivity contribution in [3.05, 3.63) is 66.4 Å². The second kappa shape index (κ2) is 6.34. The Hall–Kier alpha value is -2.64. The number of nitrogens with zero attached hydrogens (tertiary/aromatic N) is 1. The van der Waals surface area contributed by atoms with Crippen LogP contribution in [0.2, 0.25) is 0 Å². The molecule has 3 N–H and O–H groups in total. The summed E-state index contributed by atoms with van der Waals surface area (Å²) in [5.41, 5.74) is 6.60. The summed E-state index contributed by atoms with van der Waals surface area (Å²) in [4.78, 5) is 11.4. The number of hydrogen-bond acceptors (Lipinski definition) is 4. The number of carboxylic acid groups (broad SMARTS) is 1. The van der Waals surface area contributed by atoms with Crippen LogP contribution in [0.5, 0.6) is 0 Å². The molecule has 0 aliphatic carbocycles. The zero-order valence-electron chi connectivity index (χ0n) is 13.5. The Labute approximate surface area is 145 Å². The third kappa shape index (κ3) is 2.92. The fourth-order valence-electron chi connectivity index (χ4n) is 2.83. The molecule has 0 aliphatic rings. The minimum Gasteiger partial charge on any atom is -0.480 e. The van der Waals surface area contributed by atoms with Crippen molar-refractivity contribution >= 4 is 26.9 Å². The normalized spacial score (nSPS) is 14.3. The number of para-hydroxylation sites is 1. The zero-order chi connectivity index (χ0) is 18.2. The average Bonchev–Trinajstić information content (AvgIpc) is 3.01. The first-order valence-corrected chi connectivity index (χ1v) is 9.17. The van der Waals surface area contributed by atoms with Gasteiger partial charge in [0.25, 0.3) is 10.0 Å². The number of hydrogen-bond donors (Lipinski definition) is 2. The number of carboxylic acids is 1. The molecule has 0 radical (unpaired) electrons. The minimum absolute atomic E-state index is 0.133. The average molecular weight is 358 g/mol. The van der Waals surface area contributed by atoms with E-state index in [1.807, 2.05) is 0 Å². The summed E-state index contributed by atoms with van der Waals surface area (Å²) in [7, 11) is -3.89. The summed E-state index contributed by atoms with van der Waals surface area (Å²) in [5, 5.41) is 9.93. The van der Waals surface area contributed by atoms with Gasteiger partial charge < -0.3 is 10.8 Å². The van der Waals surface area contributed by atoms with E-state index in [4.69, 9.17) is 5.73 Å². The van der Waals surface area contributed by atoms with Crippen molar-refractivity contribution in [3.8, 4) is 0 Å². The van der Waals surface area contributed by atoms with E-state index in [0.717, 1.165) is 0 Å². The third-order valence-electron chi connectivity index (χ3n) is 4.27. The number of rotatable bonds is 5. The molecular formula is C18H18N2O4S. The quantitative estimate of drug-likeness (QED) is 0.729. The first-order chi connectivity index (χ1) is 11.8. The standard InChI is InChI=1S/C18H18N2O4S/c1-12(17(19)18(21)22)16-11-13-7-5-6-10-15(13)20(16)25(23,24)14-8-3-2-4-9-14/h2-12,17H,19H2,1H3,(H,21,22). The number of carbonyl (C=O) groups is 1. The Morgan fingerprint density at radius 3 is 2.32 bits per heavy atom. The lowest BCUT2D eigenvalue weighted by Crippen LogP contribution is -2.36. The lowest BCUT2D eigenvalue weighted by molar-refractivity contribution is -0.139. The van der Waals surface area contributed by atoms with Crippen molar-refractivity contribution in [2.75, 3.05) is 0 Å². The topological polar surface area (TPSA) is 102 Å². The van der Waals surface area contributed by atoms with Gasteiger partial charge in [0.1, 0.15) is 6.04 Å². The molecule has 0 saturated carbocycles. The Bertz CT molecular complexity index is 1030. The molecule has 2 unspecified atom stereocenters. The molecule has 25 heavy (non-hydrogen) atoms. The number of nitrogens with two attached hydrogens (primary N) is 1. The maximum Gasteiger partial charge on any atom is 0.321 e. The SMILES string of the molecule is CC(c1cc2ccccc2n1S(=O)(=O)c1ccccc1)C(N)C(=O)O. The molecule has 1 heterocycles. The van der Waals surface area contributed by atoms with Gasteiger partial charge in [0.05, 0.1) is 10.4 Å². The minimum atomic E-state index is -3.89. The van der Waals surface area contributed by atoms with Crippen LogP contribution in [0.3, 0.4) is 0 Å². The second-order valence-corrected chi connectivity index (χ2v) is 7.65. The second-order valence-electron chi connectivity index (χ2n) is 5.86. The van der Waals surface area contributed by atoms with Crippen molar-refractivity contribution in [3.63, 3.8) is 0 Å². The number of fused-ring (bicyclic) bond motifs is 1. The van der Waals surface area contributed by atoms with Gasteiger partial charge in [0.15, 0.2) is 0 Å². The van der Waals surface area contributed by atoms with Crippen LogP contribution in [0.1, 0.15) is 18.5 Å². The van der Waals surface area contributed by atoms with E-state index in [1.54, 1.807) is 55.5 Å². The van der Waals surface area contributed by atoms with Crippen LogP contribution in [-0.4, -0.2) is 29.5 Å². The van der Waals surface area contributed by atoms with E-state index in [9.17, 15) is 18.3 Å². The maximum atomic E-state index is 13.2. The molecule has 0 fully saturated rings. The van der Waals surface area contributed by atoms with Gasteiger partial charge >= 0.3 is 5.97 Å². The smallest absolute Gasteiger partial charge is 0.321 e. The van der Waals surface area contributed by atoms with E-state index >= 15 is 0 Å². The number of aliphatic carboxylic acids is 1. The predicted octanol–water partition coefficient (Wildman–Crippen LogP) is 2.39.